The molecule has 1 fully saturated rings. The van der Waals surface area contributed by atoms with Crippen molar-refractivity contribution in [2.75, 3.05) is 33.4 Å². The van der Waals surface area contributed by atoms with E-state index in [4.69, 9.17) is 16.3 Å². The zero-order chi connectivity index (χ0) is 17.0. The molecule has 3 rings (SSSR count). The van der Waals surface area contributed by atoms with E-state index in [9.17, 15) is 4.79 Å². The number of thiazole rings is 1. The molecular weight excluding hydrogens is 346 g/mol. The van der Waals surface area contributed by atoms with Crippen molar-refractivity contribution in [1.82, 2.24) is 15.6 Å². The summed E-state index contributed by atoms with van der Waals surface area (Å²) in [6.07, 6.45) is 2.35. The fourth-order valence-corrected chi connectivity index (χ4v) is 4.26. The lowest BCUT2D eigenvalue weighted by atomic mass is 9.78. The van der Waals surface area contributed by atoms with Crippen LogP contribution in [0.25, 0.3) is 10.2 Å². The highest BCUT2D eigenvalue weighted by Gasteiger charge is 2.39. The summed E-state index contributed by atoms with van der Waals surface area (Å²) in [6.45, 7) is 2.77. The third-order valence-corrected chi connectivity index (χ3v) is 5.81. The Morgan fingerprint density at radius 2 is 2.25 bits per heavy atom. The highest BCUT2D eigenvalue weighted by molar-refractivity contribution is 7.18. The zero-order valence-corrected chi connectivity index (χ0v) is 15.3. The van der Waals surface area contributed by atoms with Gasteiger partial charge >= 0.3 is 0 Å². The smallest absolute Gasteiger partial charge is 0.228 e. The molecule has 1 aliphatic heterocycles. The Labute approximate surface area is 150 Å². The Kier molecular flexibility index (Phi) is 5.71. The number of amides is 1. The number of ether oxygens (including phenoxy) is 1. The first-order valence-electron chi connectivity index (χ1n) is 8.16. The van der Waals surface area contributed by atoms with Gasteiger partial charge in [-0.2, -0.15) is 0 Å². The molecule has 2 heterocycles. The molecule has 1 aromatic heterocycles. The molecule has 1 saturated heterocycles. The van der Waals surface area contributed by atoms with Crippen LogP contribution in [0.5, 0.6) is 0 Å². The number of hydrogen-bond acceptors (Lipinski definition) is 5. The van der Waals surface area contributed by atoms with Crippen LogP contribution in [0.15, 0.2) is 18.2 Å². The van der Waals surface area contributed by atoms with Crippen molar-refractivity contribution >= 4 is 39.1 Å². The Morgan fingerprint density at radius 1 is 1.46 bits per heavy atom. The maximum Gasteiger partial charge on any atom is 0.228 e. The highest BCUT2D eigenvalue weighted by Crippen LogP contribution is 2.29. The molecule has 0 aliphatic carbocycles. The van der Waals surface area contributed by atoms with Crippen LogP contribution >= 0.6 is 22.9 Å². The number of carbonyl (C=O) groups is 1. The number of rotatable bonds is 6. The van der Waals surface area contributed by atoms with Gasteiger partial charge in [0.2, 0.25) is 5.91 Å². The normalized spacial score (nSPS) is 17.1. The summed E-state index contributed by atoms with van der Waals surface area (Å²) in [5.41, 5.74) is 0.518. The first-order valence-corrected chi connectivity index (χ1v) is 9.35. The maximum absolute atomic E-state index is 12.7. The molecule has 0 bridgehead atoms. The number of hydrogen-bond donors (Lipinski definition) is 2. The topological polar surface area (TPSA) is 63.2 Å². The van der Waals surface area contributed by atoms with E-state index in [1.54, 1.807) is 18.4 Å². The summed E-state index contributed by atoms with van der Waals surface area (Å²) in [7, 11) is 1.66. The average Bonchev–Trinajstić information content (AvgIpc) is 2.97. The lowest BCUT2D eigenvalue weighted by Crippen LogP contribution is -2.50. The predicted octanol–water partition coefficient (Wildman–Crippen LogP) is 2.62. The van der Waals surface area contributed by atoms with Crippen LogP contribution in [-0.4, -0.2) is 44.2 Å². The van der Waals surface area contributed by atoms with Gasteiger partial charge in [-0.3, -0.25) is 4.79 Å². The van der Waals surface area contributed by atoms with Crippen molar-refractivity contribution in [1.29, 1.82) is 0 Å². The number of piperidine rings is 1. The van der Waals surface area contributed by atoms with Crippen LogP contribution < -0.4 is 10.6 Å². The predicted molar refractivity (Wildman–Crippen MR) is 97.8 cm³/mol. The van der Waals surface area contributed by atoms with Crippen LogP contribution in [0.4, 0.5) is 0 Å². The van der Waals surface area contributed by atoms with E-state index in [1.165, 1.54) is 0 Å². The minimum absolute atomic E-state index is 0.0926. The minimum Gasteiger partial charge on any atom is -0.384 e. The van der Waals surface area contributed by atoms with Crippen molar-refractivity contribution in [2.24, 2.45) is 5.41 Å². The molecule has 5 nitrogen and oxygen atoms in total. The zero-order valence-electron chi connectivity index (χ0n) is 13.7. The molecular formula is C17H22ClN3O2S. The van der Waals surface area contributed by atoms with Crippen molar-refractivity contribution in [3.05, 3.63) is 28.2 Å². The molecule has 1 aromatic carbocycles. The molecule has 0 saturated carbocycles. The van der Waals surface area contributed by atoms with E-state index in [0.717, 1.165) is 47.6 Å². The SMILES string of the molecule is COCC1(C(=O)NCCc2nc3cc(Cl)ccc3s2)CCNCC1. The molecule has 7 heteroatoms. The summed E-state index contributed by atoms with van der Waals surface area (Å²) >= 11 is 7.64. The average molecular weight is 368 g/mol. The van der Waals surface area contributed by atoms with Crippen LogP contribution in [0.2, 0.25) is 5.02 Å². The van der Waals surface area contributed by atoms with E-state index < -0.39 is 5.41 Å². The number of carbonyl (C=O) groups excluding carboxylic acids is 1. The minimum atomic E-state index is -0.402. The summed E-state index contributed by atoms with van der Waals surface area (Å²) < 4.78 is 6.43. The number of halogens is 1. The fourth-order valence-electron chi connectivity index (χ4n) is 3.14. The van der Waals surface area contributed by atoms with Crippen LogP contribution in [0.1, 0.15) is 17.8 Å². The van der Waals surface area contributed by atoms with Gasteiger partial charge in [0.05, 0.1) is 27.2 Å². The molecule has 130 valence electrons. The Hall–Kier alpha value is -1.21. The van der Waals surface area contributed by atoms with E-state index in [2.05, 4.69) is 15.6 Å². The molecule has 2 aromatic rings. The molecule has 1 amide bonds. The van der Waals surface area contributed by atoms with Crippen LogP contribution in [0.3, 0.4) is 0 Å². The van der Waals surface area contributed by atoms with Gasteiger partial charge in [0.25, 0.3) is 0 Å². The summed E-state index contributed by atoms with van der Waals surface area (Å²) in [4.78, 5) is 17.2. The molecule has 0 atom stereocenters. The Morgan fingerprint density at radius 3 is 3.00 bits per heavy atom. The lowest BCUT2D eigenvalue weighted by molar-refractivity contribution is -0.136. The largest absolute Gasteiger partial charge is 0.384 e. The standard InChI is InChI=1S/C17H22ClN3O2S/c1-23-11-17(5-8-19-9-6-17)16(22)20-7-4-15-21-13-10-12(18)2-3-14(13)24-15/h2-3,10,19H,4-9,11H2,1H3,(H,20,22). The summed E-state index contributed by atoms with van der Waals surface area (Å²) in [5.74, 6) is 0.0926. The van der Waals surface area contributed by atoms with E-state index in [-0.39, 0.29) is 5.91 Å². The van der Waals surface area contributed by atoms with Crippen LogP contribution in [0, 0.1) is 5.41 Å². The quantitative estimate of drug-likeness (QED) is 0.823. The molecule has 0 radical (unpaired) electrons. The van der Waals surface area contributed by atoms with E-state index >= 15 is 0 Å². The van der Waals surface area contributed by atoms with Gasteiger partial charge in [0.15, 0.2) is 0 Å². The maximum atomic E-state index is 12.7. The second kappa shape index (κ2) is 7.78. The molecule has 2 N–H and O–H groups in total. The second-order valence-corrected chi connectivity index (χ2v) is 7.74. The fraction of sp³-hybridized carbons (Fsp3) is 0.529. The third kappa shape index (κ3) is 3.88. The molecule has 1 aliphatic rings. The monoisotopic (exact) mass is 367 g/mol. The van der Waals surface area contributed by atoms with Gasteiger partial charge in [-0.25, -0.2) is 4.98 Å². The number of aromatic nitrogens is 1. The van der Waals surface area contributed by atoms with Crippen LogP contribution in [-0.2, 0) is 16.0 Å². The highest BCUT2D eigenvalue weighted by atomic mass is 35.5. The Bertz CT molecular complexity index is 707. The molecule has 24 heavy (non-hydrogen) atoms. The van der Waals surface area contributed by atoms with Crippen molar-refractivity contribution in [3.8, 4) is 0 Å². The van der Waals surface area contributed by atoms with Gasteiger partial charge in [0.1, 0.15) is 0 Å². The number of nitrogens with one attached hydrogen (secondary N) is 2. The van der Waals surface area contributed by atoms with Gasteiger partial charge < -0.3 is 15.4 Å². The Balaban J connectivity index is 1.58. The first kappa shape index (κ1) is 17.6. The van der Waals surface area contributed by atoms with Crippen molar-refractivity contribution in [2.45, 2.75) is 19.3 Å². The van der Waals surface area contributed by atoms with E-state index in [1.807, 2.05) is 18.2 Å². The molecule has 0 unspecified atom stereocenters. The summed E-state index contributed by atoms with van der Waals surface area (Å²) in [6, 6.07) is 5.73. The number of methoxy groups -OCH3 is 1. The van der Waals surface area contributed by atoms with Crippen molar-refractivity contribution in [3.63, 3.8) is 0 Å². The third-order valence-electron chi connectivity index (χ3n) is 4.48. The number of benzene rings is 1. The van der Waals surface area contributed by atoms with Gasteiger partial charge in [-0.1, -0.05) is 11.6 Å². The summed E-state index contributed by atoms with van der Waals surface area (Å²) in [5, 5.41) is 8.08. The van der Waals surface area contributed by atoms with Gasteiger partial charge in [-0.15, -0.1) is 11.3 Å². The van der Waals surface area contributed by atoms with E-state index in [0.29, 0.717) is 18.2 Å². The second-order valence-electron chi connectivity index (χ2n) is 6.19. The van der Waals surface area contributed by atoms with Crippen molar-refractivity contribution < 1.29 is 9.53 Å². The number of fused-ring (bicyclic) bond motifs is 1. The first-order chi connectivity index (χ1) is 11.6. The van der Waals surface area contributed by atoms with Gasteiger partial charge in [-0.05, 0) is 44.1 Å². The molecule has 0 spiro atoms. The number of nitrogens with zero attached hydrogens (tertiary/aromatic N) is 1. The van der Waals surface area contributed by atoms with Gasteiger partial charge in [0, 0.05) is 25.1 Å². The lowest BCUT2D eigenvalue weighted by Gasteiger charge is -2.35.